The summed E-state index contributed by atoms with van der Waals surface area (Å²) in [7, 11) is 0. The zero-order chi connectivity index (χ0) is 13.5. The molecule has 2 N–H and O–H groups in total. The molecule has 0 aromatic rings. The van der Waals surface area contributed by atoms with Gasteiger partial charge in [0.15, 0.2) is 0 Å². The molecule has 1 aliphatic carbocycles. The van der Waals surface area contributed by atoms with Crippen LogP contribution in [-0.4, -0.2) is 34.5 Å². The Morgan fingerprint density at radius 3 is 2.72 bits per heavy atom. The molecular weight excluding hydrogens is 250 g/mol. The highest BCUT2D eigenvalue weighted by Gasteiger charge is 2.23. The molecule has 3 atom stereocenters. The van der Waals surface area contributed by atoms with Gasteiger partial charge in [0, 0.05) is 24.1 Å². The molecule has 0 bridgehead atoms. The van der Waals surface area contributed by atoms with E-state index in [-0.39, 0.29) is 24.3 Å². The van der Waals surface area contributed by atoms with Crippen LogP contribution in [0.1, 0.15) is 45.4 Å². The summed E-state index contributed by atoms with van der Waals surface area (Å²) in [4.78, 5) is 22.3. The minimum absolute atomic E-state index is 0.00416. The summed E-state index contributed by atoms with van der Waals surface area (Å²) in [5, 5.41) is 12.3. The van der Waals surface area contributed by atoms with Crippen LogP contribution in [0.15, 0.2) is 0 Å². The highest BCUT2D eigenvalue weighted by molar-refractivity contribution is 7.99. The number of aliphatic carboxylic acids is 1. The van der Waals surface area contributed by atoms with Gasteiger partial charge in [0.25, 0.3) is 0 Å². The van der Waals surface area contributed by atoms with Gasteiger partial charge in [-0.3, -0.25) is 9.59 Å². The largest absolute Gasteiger partial charge is 0.481 e. The summed E-state index contributed by atoms with van der Waals surface area (Å²) in [6.45, 7) is 1.80. The van der Waals surface area contributed by atoms with Gasteiger partial charge in [0.1, 0.15) is 0 Å². The molecule has 4 nitrogen and oxygen atoms in total. The predicted molar refractivity (Wildman–Crippen MR) is 73.7 cm³/mol. The van der Waals surface area contributed by atoms with Gasteiger partial charge in [-0.05, 0) is 31.4 Å². The second-order valence-electron chi connectivity index (χ2n) is 5.20. The lowest BCUT2D eigenvalue weighted by Crippen LogP contribution is -2.39. The van der Waals surface area contributed by atoms with E-state index in [9.17, 15) is 9.59 Å². The maximum atomic E-state index is 11.8. The fourth-order valence-electron chi connectivity index (χ4n) is 2.46. The van der Waals surface area contributed by atoms with Crippen LogP contribution in [-0.2, 0) is 9.59 Å². The number of nitrogens with one attached hydrogen (secondary N) is 1. The van der Waals surface area contributed by atoms with Crippen LogP contribution in [0.4, 0.5) is 0 Å². The van der Waals surface area contributed by atoms with Crippen molar-refractivity contribution in [1.82, 2.24) is 5.32 Å². The Balaban J connectivity index is 2.28. The summed E-state index contributed by atoms with van der Waals surface area (Å²) in [6.07, 6.45) is 6.99. The fraction of sp³-hybridized carbons (Fsp3) is 0.846. The number of amides is 1. The van der Waals surface area contributed by atoms with Crippen LogP contribution < -0.4 is 5.32 Å². The van der Waals surface area contributed by atoms with E-state index in [1.54, 1.807) is 6.92 Å². The van der Waals surface area contributed by atoms with Gasteiger partial charge >= 0.3 is 5.97 Å². The molecule has 3 unspecified atom stereocenters. The van der Waals surface area contributed by atoms with E-state index in [1.807, 2.05) is 11.8 Å². The van der Waals surface area contributed by atoms with E-state index in [2.05, 4.69) is 11.6 Å². The van der Waals surface area contributed by atoms with Gasteiger partial charge in [-0.2, -0.15) is 11.8 Å². The Kier molecular flexibility index (Phi) is 6.54. The van der Waals surface area contributed by atoms with E-state index in [0.717, 1.165) is 12.8 Å². The molecule has 0 aromatic carbocycles. The second-order valence-corrected chi connectivity index (χ2v) is 6.33. The lowest BCUT2D eigenvalue weighted by atomic mass is 9.94. The van der Waals surface area contributed by atoms with Crippen molar-refractivity contribution in [2.45, 2.75) is 56.7 Å². The quantitative estimate of drug-likeness (QED) is 0.779. The Hall–Kier alpha value is -0.710. The maximum Gasteiger partial charge on any atom is 0.303 e. The number of hydrogen-bond donors (Lipinski definition) is 2. The number of carbonyl (C=O) groups excluding carboxylic acids is 1. The van der Waals surface area contributed by atoms with Crippen molar-refractivity contribution in [3.63, 3.8) is 0 Å². The van der Waals surface area contributed by atoms with Crippen LogP contribution in [0.3, 0.4) is 0 Å². The standard InChI is InChI=1S/C13H23NO3S/c1-9(7-13(16)17)6-12(15)14-10-4-3-5-11(8-10)18-2/h9-11H,3-8H2,1-2H3,(H,14,15)(H,16,17). The van der Waals surface area contributed by atoms with Crippen molar-refractivity contribution in [3.05, 3.63) is 0 Å². The van der Waals surface area contributed by atoms with Crippen molar-refractivity contribution >= 4 is 23.6 Å². The van der Waals surface area contributed by atoms with E-state index in [4.69, 9.17) is 5.11 Å². The third-order valence-electron chi connectivity index (χ3n) is 3.38. The number of carbonyl (C=O) groups is 2. The van der Waals surface area contributed by atoms with Crippen LogP contribution in [0.2, 0.25) is 0 Å². The van der Waals surface area contributed by atoms with Crippen LogP contribution >= 0.6 is 11.8 Å². The van der Waals surface area contributed by atoms with E-state index in [0.29, 0.717) is 11.7 Å². The van der Waals surface area contributed by atoms with Gasteiger partial charge in [0.2, 0.25) is 5.91 Å². The third-order valence-corrected chi connectivity index (χ3v) is 4.48. The summed E-state index contributed by atoms with van der Waals surface area (Å²) in [5.41, 5.74) is 0. The molecule has 1 fully saturated rings. The number of rotatable bonds is 6. The van der Waals surface area contributed by atoms with Crippen LogP contribution in [0.25, 0.3) is 0 Å². The highest BCUT2D eigenvalue weighted by Crippen LogP contribution is 2.27. The molecule has 1 amide bonds. The number of carboxylic acid groups (broad SMARTS) is 1. The van der Waals surface area contributed by atoms with Crippen molar-refractivity contribution in [3.8, 4) is 0 Å². The smallest absolute Gasteiger partial charge is 0.303 e. The molecule has 0 saturated heterocycles. The monoisotopic (exact) mass is 273 g/mol. The van der Waals surface area contributed by atoms with Crippen molar-refractivity contribution in [2.75, 3.05) is 6.26 Å². The zero-order valence-electron chi connectivity index (χ0n) is 11.1. The average Bonchev–Trinajstić information content (AvgIpc) is 2.27. The molecule has 0 radical (unpaired) electrons. The summed E-state index contributed by atoms with van der Waals surface area (Å²) < 4.78 is 0. The maximum absolute atomic E-state index is 11.8. The first kappa shape index (κ1) is 15.3. The number of carboxylic acids is 1. The Morgan fingerprint density at radius 2 is 2.11 bits per heavy atom. The van der Waals surface area contributed by atoms with Gasteiger partial charge in [-0.1, -0.05) is 13.3 Å². The topological polar surface area (TPSA) is 66.4 Å². The Morgan fingerprint density at radius 1 is 1.39 bits per heavy atom. The zero-order valence-corrected chi connectivity index (χ0v) is 12.0. The average molecular weight is 273 g/mol. The minimum Gasteiger partial charge on any atom is -0.481 e. The third kappa shape index (κ3) is 5.76. The van der Waals surface area contributed by atoms with Crippen molar-refractivity contribution < 1.29 is 14.7 Å². The normalized spacial score (nSPS) is 25.4. The van der Waals surface area contributed by atoms with Gasteiger partial charge in [-0.25, -0.2) is 0 Å². The molecule has 104 valence electrons. The molecule has 1 aliphatic rings. The summed E-state index contributed by atoms with van der Waals surface area (Å²) in [6, 6.07) is 0.278. The van der Waals surface area contributed by atoms with Gasteiger partial charge in [-0.15, -0.1) is 0 Å². The Labute approximate surface area is 113 Å². The van der Waals surface area contributed by atoms with Gasteiger partial charge in [0.05, 0.1) is 0 Å². The fourth-order valence-corrected chi connectivity index (χ4v) is 3.29. The molecule has 1 saturated carbocycles. The van der Waals surface area contributed by atoms with E-state index < -0.39 is 5.97 Å². The minimum atomic E-state index is -0.838. The molecule has 18 heavy (non-hydrogen) atoms. The summed E-state index contributed by atoms with van der Waals surface area (Å²) in [5.74, 6) is -0.937. The molecule has 0 spiro atoms. The highest BCUT2D eigenvalue weighted by atomic mass is 32.2. The first-order valence-electron chi connectivity index (χ1n) is 6.55. The molecule has 1 rings (SSSR count). The summed E-state index contributed by atoms with van der Waals surface area (Å²) >= 11 is 1.87. The Bertz CT molecular complexity index is 296. The predicted octanol–water partition coefficient (Wildman–Crippen LogP) is 2.28. The lowest BCUT2D eigenvalue weighted by molar-refractivity contribution is -0.138. The lowest BCUT2D eigenvalue weighted by Gasteiger charge is -2.29. The van der Waals surface area contributed by atoms with Gasteiger partial charge < -0.3 is 10.4 Å². The SMILES string of the molecule is CSC1CCCC(NC(=O)CC(C)CC(=O)O)C1. The second kappa shape index (κ2) is 7.67. The molecule has 0 heterocycles. The van der Waals surface area contributed by atoms with Crippen LogP contribution in [0.5, 0.6) is 0 Å². The van der Waals surface area contributed by atoms with Crippen molar-refractivity contribution in [1.29, 1.82) is 0 Å². The molecule has 5 heteroatoms. The molecule has 0 aromatic heterocycles. The van der Waals surface area contributed by atoms with Crippen molar-refractivity contribution in [2.24, 2.45) is 5.92 Å². The number of thioether (sulfide) groups is 1. The molecule has 0 aliphatic heterocycles. The van der Waals surface area contributed by atoms with E-state index >= 15 is 0 Å². The first-order valence-corrected chi connectivity index (χ1v) is 7.84. The first-order chi connectivity index (χ1) is 8.51. The number of hydrogen-bond acceptors (Lipinski definition) is 3. The van der Waals surface area contributed by atoms with Crippen LogP contribution in [0, 0.1) is 5.92 Å². The van der Waals surface area contributed by atoms with E-state index in [1.165, 1.54) is 12.8 Å². The molecular formula is C13H23NO3S.